The zero-order chi connectivity index (χ0) is 12.3. The van der Waals surface area contributed by atoms with Crippen LogP contribution in [0.5, 0.6) is 0 Å². The summed E-state index contributed by atoms with van der Waals surface area (Å²) < 4.78 is 4.76. The molecule has 0 bridgehead atoms. The molecule has 17 heavy (non-hydrogen) atoms. The van der Waals surface area contributed by atoms with Gasteiger partial charge in [0.1, 0.15) is 6.04 Å². The predicted molar refractivity (Wildman–Crippen MR) is 70.5 cm³/mol. The average molecular weight is 272 g/mol. The van der Waals surface area contributed by atoms with Crippen LogP contribution >= 0.6 is 23.4 Å². The lowest BCUT2D eigenvalue weighted by Gasteiger charge is -2.29. The van der Waals surface area contributed by atoms with Crippen molar-refractivity contribution in [1.29, 1.82) is 0 Å². The van der Waals surface area contributed by atoms with Gasteiger partial charge in [-0.25, -0.2) is 0 Å². The van der Waals surface area contributed by atoms with E-state index in [4.69, 9.17) is 16.3 Å². The summed E-state index contributed by atoms with van der Waals surface area (Å²) in [4.78, 5) is 11.5. The molecule has 2 unspecified atom stereocenters. The van der Waals surface area contributed by atoms with Crippen molar-refractivity contribution in [3.05, 3.63) is 34.9 Å². The monoisotopic (exact) mass is 271 g/mol. The summed E-state index contributed by atoms with van der Waals surface area (Å²) in [6.07, 6.45) is 0. The first-order valence-electron chi connectivity index (χ1n) is 5.38. The fraction of sp³-hybridized carbons (Fsp3) is 0.417. The molecule has 0 saturated carbocycles. The van der Waals surface area contributed by atoms with Crippen molar-refractivity contribution in [2.45, 2.75) is 12.1 Å². The molecule has 0 spiro atoms. The van der Waals surface area contributed by atoms with Gasteiger partial charge in [0.15, 0.2) is 0 Å². The van der Waals surface area contributed by atoms with E-state index in [1.54, 1.807) is 11.8 Å². The van der Waals surface area contributed by atoms with E-state index in [0.29, 0.717) is 0 Å². The molecule has 0 aliphatic carbocycles. The number of hydrogen-bond acceptors (Lipinski definition) is 4. The molecule has 0 radical (unpaired) electrons. The smallest absolute Gasteiger partial charge is 0.323 e. The number of carbonyl (C=O) groups is 1. The van der Waals surface area contributed by atoms with Gasteiger partial charge in [-0.3, -0.25) is 10.1 Å². The van der Waals surface area contributed by atoms with Gasteiger partial charge in [0.05, 0.1) is 7.11 Å². The molecule has 1 aliphatic rings. The highest BCUT2D eigenvalue weighted by Crippen LogP contribution is 2.26. The van der Waals surface area contributed by atoms with Crippen molar-refractivity contribution in [3.63, 3.8) is 0 Å². The summed E-state index contributed by atoms with van der Waals surface area (Å²) in [5.41, 5.74) is 1.11. The second-order valence-corrected chi connectivity index (χ2v) is 5.40. The maximum Gasteiger partial charge on any atom is 0.323 e. The van der Waals surface area contributed by atoms with Crippen molar-refractivity contribution < 1.29 is 9.53 Å². The zero-order valence-electron chi connectivity index (χ0n) is 9.48. The number of hydrogen-bond donors (Lipinski definition) is 1. The molecule has 92 valence electrons. The largest absolute Gasteiger partial charge is 0.468 e. The van der Waals surface area contributed by atoms with E-state index in [9.17, 15) is 4.79 Å². The molecule has 2 atom stereocenters. The Hall–Kier alpha value is -0.710. The van der Waals surface area contributed by atoms with E-state index < -0.39 is 0 Å². The van der Waals surface area contributed by atoms with Crippen LogP contribution in [0, 0.1) is 0 Å². The van der Waals surface area contributed by atoms with Crippen LogP contribution in [-0.4, -0.2) is 30.6 Å². The third-order valence-electron chi connectivity index (χ3n) is 2.71. The lowest BCUT2D eigenvalue weighted by atomic mass is 10.1. The van der Waals surface area contributed by atoms with Gasteiger partial charge in [-0.05, 0) is 17.7 Å². The summed E-state index contributed by atoms with van der Waals surface area (Å²) in [6.45, 7) is 0. The van der Waals surface area contributed by atoms with E-state index in [0.717, 1.165) is 22.1 Å². The number of nitrogens with one attached hydrogen (secondary N) is 1. The van der Waals surface area contributed by atoms with Crippen LogP contribution in [0.1, 0.15) is 11.6 Å². The Morgan fingerprint density at radius 3 is 3.06 bits per heavy atom. The second kappa shape index (κ2) is 5.76. The quantitative estimate of drug-likeness (QED) is 0.838. The number of esters is 1. The Bertz CT molecular complexity index is 413. The van der Waals surface area contributed by atoms with Gasteiger partial charge in [-0.2, -0.15) is 11.8 Å². The number of thioether (sulfide) groups is 1. The Morgan fingerprint density at radius 2 is 2.35 bits per heavy atom. The van der Waals surface area contributed by atoms with Crippen molar-refractivity contribution in [3.8, 4) is 0 Å². The highest BCUT2D eigenvalue weighted by molar-refractivity contribution is 7.99. The summed E-state index contributed by atoms with van der Waals surface area (Å²) in [7, 11) is 1.41. The number of ether oxygens (including phenoxy) is 1. The van der Waals surface area contributed by atoms with Gasteiger partial charge in [0.2, 0.25) is 0 Å². The number of benzene rings is 1. The number of rotatable bonds is 2. The first-order chi connectivity index (χ1) is 8.20. The molecule has 0 aromatic heterocycles. The minimum atomic E-state index is -0.234. The van der Waals surface area contributed by atoms with Crippen LogP contribution in [-0.2, 0) is 9.53 Å². The topological polar surface area (TPSA) is 38.3 Å². The first kappa shape index (κ1) is 12.7. The highest BCUT2D eigenvalue weighted by Gasteiger charge is 2.28. The molecule has 1 heterocycles. The molecule has 2 rings (SSSR count). The molecule has 5 heteroatoms. The van der Waals surface area contributed by atoms with Crippen LogP contribution in [0.25, 0.3) is 0 Å². The summed E-state index contributed by atoms with van der Waals surface area (Å²) in [5.74, 6) is 1.49. The van der Waals surface area contributed by atoms with E-state index >= 15 is 0 Å². The van der Waals surface area contributed by atoms with Crippen LogP contribution in [0.3, 0.4) is 0 Å². The number of methoxy groups -OCH3 is 1. The highest BCUT2D eigenvalue weighted by atomic mass is 35.5. The van der Waals surface area contributed by atoms with Crippen LogP contribution in [0.4, 0.5) is 0 Å². The first-order valence-corrected chi connectivity index (χ1v) is 6.91. The normalized spacial score (nSPS) is 24.4. The molecule has 1 N–H and O–H groups in total. The Morgan fingerprint density at radius 1 is 1.53 bits per heavy atom. The SMILES string of the molecule is COC(=O)C1CSCC(c2cccc(Cl)c2)N1. The molecule has 1 aromatic carbocycles. The van der Waals surface area contributed by atoms with Crippen LogP contribution in [0.15, 0.2) is 24.3 Å². The number of carbonyl (C=O) groups excluding carboxylic acids is 1. The van der Waals surface area contributed by atoms with E-state index in [2.05, 4.69) is 5.32 Å². The minimum Gasteiger partial charge on any atom is -0.468 e. The van der Waals surface area contributed by atoms with E-state index in [1.165, 1.54) is 7.11 Å². The molecule has 1 fully saturated rings. The second-order valence-electron chi connectivity index (χ2n) is 3.89. The minimum absolute atomic E-state index is 0.150. The molecule has 0 amide bonds. The van der Waals surface area contributed by atoms with E-state index in [-0.39, 0.29) is 18.1 Å². The third kappa shape index (κ3) is 3.15. The maximum absolute atomic E-state index is 11.5. The zero-order valence-corrected chi connectivity index (χ0v) is 11.1. The maximum atomic E-state index is 11.5. The molecular weight excluding hydrogens is 258 g/mol. The summed E-state index contributed by atoms with van der Waals surface area (Å²) in [6, 6.07) is 7.63. The lowest BCUT2D eigenvalue weighted by Crippen LogP contribution is -2.45. The van der Waals surface area contributed by atoms with Crippen LogP contribution < -0.4 is 5.32 Å². The third-order valence-corrected chi connectivity index (χ3v) is 4.08. The fourth-order valence-corrected chi connectivity index (χ4v) is 3.16. The summed E-state index contributed by atoms with van der Waals surface area (Å²) >= 11 is 7.71. The van der Waals surface area contributed by atoms with Gasteiger partial charge in [0.25, 0.3) is 0 Å². The summed E-state index contributed by atoms with van der Waals surface area (Å²) in [5, 5.41) is 4.01. The van der Waals surface area contributed by atoms with Crippen LogP contribution in [0.2, 0.25) is 5.02 Å². The van der Waals surface area contributed by atoms with Crippen molar-refractivity contribution in [2.75, 3.05) is 18.6 Å². The fourth-order valence-electron chi connectivity index (χ4n) is 1.84. The Labute approximate surface area is 110 Å². The van der Waals surface area contributed by atoms with Crippen molar-refractivity contribution >= 4 is 29.3 Å². The molecule has 1 aromatic rings. The van der Waals surface area contributed by atoms with Gasteiger partial charge in [-0.15, -0.1) is 0 Å². The predicted octanol–water partition coefficient (Wildman–Crippen LogP) is 2.26. The molecule has 1 saturated heterocycles. The van der Waals surface area contributed by atoms with E-state index in [1.807, 2.05) is 24.3 Å². The van der Waals surface area contributed by atoms with Gasteiger partial charge in [0, 0.05) is 22.6 Å². The number of halogens is 1. The standard InChI is InChI=1S/C12H14ClNO2S/c1-16-12(15)11-7-17-6-10(14-11)8-3-2-4-9(13)5-8/h2-5,10-11,14H,6-7H2,1H3. The average Bonchev–Trinajstić information content (AvgIpc) is 2.38. The molecule has 1 aliphatic heterocycles. The Balaban J connectivity index is 2.09. The van der Waals surface area contributed by atoms with Gasteiger partial charge in [-0.1, -0.05) is 23.7 Å². The molecule has 3 nitrogen and oxygen atoms in total. The van der Waals surface area contributed by atoms with Crippen molar-refractivity contribution in [1.82, 2.24) is 5.32 Å². The van der Waals surface area contributed by atoms with Gasteiger partial charge >= 0.3 is 5.97 Å². The molecular formula is C12H14ClNO2S. The van der Waals surface area contributed by atoms with Gasteiger partial charge < -0.3 is 4.74 Å². The van der Waals surface area contributed by atoms with Crippen molar-refractivity contribution in [2.24, 2.45) is 0 Å². The lowest BCUT2D eigenvalue weighted by molar-refractivity contribution is -0.142. The Kier molecular flexibility index (Phi) is 4.31.